The Bertz CT molecular complexity index is 1700. The van der Waals surface area contributed by atoms with Crippen LogP contribution in [0.5, 0.6) is 11.5 Å². The summed E-state index contributed by atoms with van der Waals surface area (Å²) in [5, 5.41) is 2.98. The number of nitrogens with two attached hydrogens (primary N) is 1. The lowest BCUT2D eigenvalue weighted by molar-refractivity contribution is -0.235. The van der Waals surface area contributed by atoms with Gasteiger partial charge < -0.3 is 44.6 Å². The second-order valence-electron chi connectivity index (χ2n) is 12.9. The highest BCUT2D eigenvalue weighted by atomic mass is 35.5. The number of rotatable bonds is 9. The molecule has 4 N–H and O–H groups in total. The van der Waals surface area contributed by atoms with Crippen LogP contribution in [0.25, 0.3) is 11.1 Å². The standard InChI is InChI=1S/C35H45N5O7S.ClH/c1-19-13-27(48-6)26(34(42)39-19)16-38-33(41)24-14-25(21-7-12-28(37-15-21)40-17-29(43-4)45-30(18-40)44-5)32-31(20(24)2)46-35(3,47-32)22-8-10-23(36)11-9-22;/h7,12-15,22-23,29-30H,8-11,16-18,36H2,1-6H3,(H,38,41)(H,39,42);1H/t22-,23-,29-,30+,35?;. The van der Waals surface area contributed by atoms with E-state index in [1.54, 1.807) is 20.4 Å². The number of aromatic amines is 1. The van der Waals surface area contributed by atoms with Gasteiger partial charge in [-0.1, -0.05) is 0 Å². The van der Waals surface area contributed by atoms with Gasteiger partial charge in [0.1, 0.15) is 5.82 Å². The van der Waals surface area contributed by atoms with E-state index in [2.05, 4.69) is 10.3 Å². The van der Waals surface area contributed by atoms with Crippen LogP contribution < -0.4 is 31.0 Å². The van der Waals surface area contributed by atoms with Crippen molar-refractivity contribution in [3.63, 3.8) is 0 Å². The Kier molecular flexibility index (Phi) is 11.5. The van der Waals surface area contributed by atoms with Crippen molar-refractivity contribution in [3.05, 3.63) is 63.2 Å². The average molecular weight is 716 g/mol. The van der Waals surface area contributed by atoms with E-state index in [0.29, 0.717) is 46.8 Å². The molecule has 2 aliphatic heterocycles. The highest BCUT2D eigenvalue weighted by molar-refractivity contribution is 7.98. The Hall–Kier alpha value is -3.33. The number of carbonyl (C=O) groups excluding carboxylic acids is 1. The van der Waals surface area contributed by atoms with E-state index in [1.807, 2.05) is 56.2 Å². The molecule has 12 nitrogen and oxygen atoms in total. The third kappa shape index (κ3) is 7.57. The summed E-state index contributed by atoms with van der Waals surface area (Å²) in [6.45, 7) is 6.75. The molecule has 3 aliphatic rings. The predicted molar refractivity (Wildman–Crippen MR) is 191 cm³/mol. The van der Waals surface area contributed by atoms with Crippen LogP contribution in [-0.2, 0) is 20.8 Å². The monoisotopic (exact) mass is 715 g/mol. The summed E-state index contributed by atoms with van der Waals surface area (Å²) >= 11 is 1.47. The predicted octanol–water partition coefficient (Wildman–Crippen LogP) is 4.91. The maximum Gasteiger partial charge on any atom is 0.254 e. The van der Waals surface area contributed by atoms with Crippen molar-refractivity contribution < 1.29 is 28.5 Å². The summed E-state index contributed by atoms with van der Waals surface area (Å²) in [6, 6.07) is 7.82. The largest absolute Gasteiger partial charge is 0.448 e. The zero-order valence-electron chi connectivity index (χ0n) is 28.8. The summed E-state index contributed by atoms with van der Waals surface area (Å²) in [4.78, 5) is 37.2. The van der Waals surface area contributed by atoms with E-state index in [1.165, 1.54) is 11.8 Å². The topological polar surface area (TPSA) is 150 Å². The van der Waals surface area contributed by atoms with E-state index in [9.17, 15) is 9.59 Å². The normalized spacial score (nSPS) is 24.8. The first kappa shape index (κ1) is 36.9. The molecule has 266 valence electrons. The zero-order valence-corrected chi connectivity index (χ0v) is 30.4. The fourth-order valence-corrected chi connectivity index (χ4v) is 7.52. The van der Waals surface area contributed by atoms with Gasteiger partial charge in [0.15, 0.2) is 24.1 Å². The second kappa shape index (κ2) is 15.3. The number of pyridine rings is 2. The smallest absolute Gasteiger partial charge is 0.254 e. The lowest BCUT2D eigenvalue weighted by atomic mass is 9.81. The van der Waals surface area contributed by atoms with Gasteiger partial charge >= 0.3 is 0 Å². The Morgan fingerprint density at radius 1 is 1.10 bits per heavy atom. The molecular weight excluding hydrogens is 670 g/mol. The van der Waals surface area contributed by atoms with Gasteiger partial charge in [-0.25, -0.2) is 4.98 Å². The molecule has 1 saturated carbocycles. The van der Waals surface area contributed by atoms with Gasteiger partial charge in [-0.3, -0.25) is 9.59 Å². The summed E-state index contributed by atoms with van der Waals surface area (Å²) < 4.78 is 30.1. The third-order valence-electron chi connectivity index (χ3n) is 9.68. The zero-order chi connectivity index (χ0) is 34.2. The number of ether oxygens (including phenoxy) is 5. The quantitative estimate of drug-likeness (QED) is 0.259. The number of fused-ring (bicyclic) bond motifs is 1. The van der Waals surface area contributed by atoms with Crippen LogP contribution in [0.4, 0.5) is 5.82 Å². The molecule has 0 radical (unpaired) electrons. The van der Waals surface area contributed by atoms with Crippen molar-refractivity contribution in [3.8, 4) is 22.6 Å². The maximum atomic E-state index is 13.9. The Labute approximate surface area is 297 Å². The molecule has 1 amide bonds. The molecule has 49 heavy (non-hydrogen) atoms. The molecule has 2 fully saturated rings. The number of halogens is 1. The summed E-state index contributed by atoms with van der Waals surface area (Å²) in [5.74, 6) is 0.763. The number of nitrogens with zero attached hydrogens (tertiary/aromatic N) is 2. The van der Waals surface area contributed by atoms with E-state index in [4.69, 9.17) is 34.4 Å². The number of thioether (sulfide) groups is 1. The van der Waals surface area contributed by atoms with Gasteiger partial charge in [-0.05, 0) is 70.1 Å². The van der Waals surface area contributed by atoms with Crippen LogP contribution in [0.3, 0.4) is 0 Å². The highest BCUT2D eigenvalue weighted by Gasteiger charge is 2.47. The summed E-state index contributed by atoms with van der Waals surface area (Å²) in [7, 11) is 3.20. The molecule has 1 saturated heterocycles. The van der Waals surface area contributed by atoms with Gasteiger partial charge in [-0.15, -0.1) is 24.2 Å². The second-order valence-corrected chi connectivity index (χ2v) is 13.7. The number of H-pyrrole nitrogens is 1. The molecule has 0 bridgehead atoms. The fraction of sp³-hybridized carbons (Fsp3) is 0.514. The van der Waals surface area contributed by atoms with Crippen LogP contribution in [0.2, 0.25) is 0 Å². The van der Waals surface area contributed by atoms with Crippen molar-refractivity contribution in [2.45, 2.75) is 82.3 Å². The SMILES string of the molecule is CO[C@H]1CN(c2ccc(-c3cc(C(=O)NCc4c(SC)cc(C)[nH]c4=O)c(C)c4c3OC(C)([C@H]3CC[C@H](N)CC3)O4)cn2)C[C@@H](OC)O1.Cl. The Balaban J connectivity index is 0.00000468. The molecular formula is C35H46ClN5O7S. The third-order valence-corrected chi connectivity index (χ3v) is 10.5. The van der Waals surface area contributed by atoms with Crippen molar-refractivity contribution in [2.75, 3.05) is 38.5 Å². The van der Waals surface area contributed by atoms with Gasteiger partial charge in [0.2, 0.25) is 0 Å². The molecule has 4 heterocycles. The number of nitrogens with one attached hydrogen (secondary N) is 2. The molecule has 1 unspecified atom stereocenters. The van der Waals surface area contributed by atoms with Crippen molar-refractivity contribution in [2.24, 2.45) is 11.7 Å². The van der Waals surface area contributed by atoms with Crippen molar-refractivity contribution >= 4 is 35.9 Å². The number of anilines is 1. The minimum Gasteiger partial charge on any atom is -0.448 e. The van der Waals surface area contributed by atoms with E-state index in [0.717, 1.165) is 47.7 Å². The highest BCUT2D eigenvalue weighted by Crippen LogP contribution is 2.52. The number of aromatic nitrogens is 2. The Morgan fingerprint density at radius 3 is 2.39 bits per heavy atom. The summed E-state index contributed by atoms with van der Waals surface area (Å²) in [6.07, 6.45) is 6.36. The number of methoxy groups -OCH3 is 2. The maximum absolute atomic E-state index is 13.9. The van der Waals surface area contributed by atoms with Gasteiger partial charge in [0, 0.05) is 84.3 Å². The van der Waals surface area contributed by atoms with E-state index < -0.39 is 18.4 Å². The number of hydrogen-bond donors (Lipinski definition) is 3. The van der Waals surface area contributed by atoms with Crippen molar-refractivity contribution in [1.82, 2.24) is 15.3 Å². The molecule has 2 aromatic heterocycles. The minimum absolute atomic E-state index is 0. The molecule has 3 aromatic rings. The lowest BCUT2D eigenvalue weighted by Crippen LogP contribution is -2.49. The molecule has 14 heteroatoms. The van der Waals surface area contributed by atoms with Gasteiger partial charge in [0.05, 0.1) is 13.1 Å². The molecule has 0 spiro atoms. The number of amides is 1. The molecule has 1 aliphatic carbocycles. The number of morpholine rings is 1. The van der Waals surface area contributed by atoms with Gasteiger partial charge in [0.25, 0.3) is 17.3 Å². The molecule has 1 aromatic carbocycles. The van der Waals surface area contributed by atoms with Crippen LogP contribution in [-0.4, -0.2) is 73.8 Å². The number of hydrogen-bond acceptors (Lipinski definition) is 11. The summed E-state index contributed by atoms with van der Waals surface area (Å²) in [5.41, 5.74) is 9.84. The van der Waals surface area contributed by atoms with Crippen LogP contribution in [0.15, 0.2) is 40.2 Å². The molecule has 3 atom stereocenters. The van der Waals surface area contributed by atoms with Crippen LogP contribution in [0.1, 0.15) is 59.8 Å². The first-order valence-corrected chi connectivity index (χ1v) is 17.5. The number of benzene rings is 1. The van der Waals surface area contributed by atoms with E-state index >= 15 is 0 Å². The Morgan fingerprint density at radius 2 is 1.78 bits per heavy atom. The minimum atomic E-state index is -0.912. The average Bonchev–Trinajstić information content (AvgIpc) is 3.46. The molecule has 6 rings (SSSR count). The van der Waals surface area contributed by atoms with Crippen molar-refractivity contribution in [1.29, 1.82) is 0 Å². The first-order chi connectivity index (χ1) is 23.0. The lowest BCUT2D eigenvalue weighted by Gasteiger charge is -2.37. The van der Waals surface area contributed by atoms with E-state index in [-0.39, 0.29) is 42.4 Å². The fourth-order valence-electron chi connectivity index (χ4n) is 6.81. The number of aryl methyl sites for hydroxylation is 1. The number of carbonyl (C=O) groups is 1. The first-order valence-electron chi connectivity index (χ1n) is 16.3. The van der Waals surface area contributed by atoms with Crippen LogP contribution >= 0.6 is 24.2 Å². The van der Waals surface area contributed by atoms with Gasteiger partial charge in [-0.2, -0.15) is 0 Å². The van der Waals surface area contributed by atoms with Crippen LogP contribution in [0, 0.1) is 19.8 Å².